The first-order valence-electron chi connectivity index (χ1n) is 7.05. The van der Waals surface area contributed by atoms with Gasteiger partial charge in [-0.1, -0.05) is 36.8 Å². The Morgan fingerprint density at radius 1 is 1.39 bits per heavy atom. The van der Waals surface area contributed by atoms with Gasteiger partial charge in [-0.15, -0.1) is 0 Å². The van der Waals surface area contributed by atoms with E-state index < -0.39 is 0 Å². The fourth-order valence-corrected chi connectivity index (χ4v) is 2.85. The lowest BCUT2D eigenvalue weighted by atomic mass is 9.97. The molecule has 1 aromatic carbocycles. The normalized spacial score (nSPS) is 24.1. The van der Waals surface area contributed by atoms with Crippen molar-refractivity contribution in [1.29, 1.82) is 0 Å². The fourth-order valence-electron chi connectivity index (χ4n) is 2.85. The van der Waals surface area contributed by atoms with Gasteiger partial charge in [0.05, 0.1) is 0 Å². The smallest absolute Gasteiger partial charge is 0.0253 e. The number of hydrogen-bond acceptors (Lipinski definition) is 2. The molecule has 100 valence electrons. The topological polar surface area (TPSA) is 15.3 Å². The molecule has 1 aliphatic rings. The monoisotopic (exact) mass is 246 g/mol. The van der Waals surface area contributed by atoms with Crippen LogP contribution in [0, 0.1) is 6.92 Å². The van der Waals surface area contributed by atoms with E-state index in [1.54, 1.807) is 0 Å². The minimum absolute atomic E-state index is 0.232. The van der Waals surface area contributed by atoms with Gasteiger partial charge >= 0.3 is 0 Å². The molecular formula is C16H26N2. The van der Waals surface area contributed by atoms with Crippen LogP contribution < -0.4 is 5.32 Å². The predicted octanol–water partition coefficient (Wildman–Crippen LogP) is 2.96. The summed E-state index contributed by atoms with van der Waals surface area (Å²) in [6.45, 7) is 12.3. The molecule has 18 heavy (non-hydrogen) atoms. The highest BCUT2D eigenvalue weighted by atomic mass is 15.2. The summed E-state index contributed by atoms with van der Waals surface area (Å²) in [5.41, 5.74) is 3.02. The van der Waals surface area contributed by atoms with Gasteiger partial charge in [-0.3, -0.25) is 4.90 Å². The van der Waals surface area contributed by atoms with E-state index in [0.29, 0.717) is 6.04 Å². The molecule has 0 saturated carbocycles. The summed E-state index contributed by atoms with van der Waals surface area (Å²) in [4.78, 5) is 2.63. The zero-order chi connectivity index (χ0) is 13.2. The highest BCUT2D eigenvalue weighted by Gasteiger charge is 2.31. The Kier molecular flexibility index (Phi) is 4.08. The van der Waals surface area contributed by atoms with Crippen LogP contribution in [0.15, 0.2) is 24.3 Å². The molecule has 0 aliphatic carbocycles. The van der Waals surface area contributed by atoms with Crippen LogP contribution in [0.5, 0.6) is 0 Å². The molecule has 1 aliphatic heterocycles. The molecule has 2 rings (SSSR count). The van der Waals surface area contributed by atoms with Crippen molar-refractivity contribution in [3.8, 4) is 0 Å². The molecule has 1 N–H and O–H groups in total. The molecule has 0 radical (unpaired) electrons. The van der Waals surface area contributed by atoms with Crippen molar-refractivity contribution >= 4 is 0 Å². The second-order valence-electron chi connectivity index (χ2n) is 6.22. The van der Waals surface area contributed by atoms with Crippen molar-refractivity contribution in [3.63, 3.8) is 0 Å². The van der Waals surface area contributed by atoms with E-state index in [0.717, 1.165) is 19.6 Å². The van der Waals surface area contributed by atoms with Crippen LogP contribution in [0.4, 0.5) is 0 Å². The van der Waals surface area contributed by atoms with Crippen molar-refractivity contribution in [2.45, 2.75) is 52.2 Å². The Morgan fingerprint density at radius 3 is 2.83 bits per heavy atom. The summed E-state index contributed by atoms with van der Waals surface area (Å²) in [5, 5.41) is 3.64. The van der Waals surface area contributed by atoms with Crippen LogP contribution in [0.2, 0.25) is 0 Å². The number of nitrogens with one attached hydrogen (secondary N) is 1. The quantitative estimate of drug-likeness (QED) is 0.882. The largest absolute Gasteiger partial charge is 0.309 e. The molecular weight excluding hydrogens is 220 g/mol. The van der Waals surface area contributed by atoms with E-state index in [2.05, 4.69) is 62.2 Å². The first kappa shape index (κ1) is 13.6. The van der Waals surface area contributed by atoms with Gasteiger partial charge in [0.2, 0.25) is 0 Å². The van der Waals surface area contributed by atoms with Crippen LogP contribution in [-0.2, 0) is 6.54 Å². The lowest BCUT2D eigenvalue weighted by Gasteiger charge is -2.44. The Bertz CT molecular complexity index is 398. The van der Waals surface area contributed by atoms with Crippen LogP contribution in [0.25, 0.3) is 0 Å². The second kappa shape index (κ2) is 5.41. The summed E-state index contributed by atoms with van der Waals surface area (Å²) in [7, 11) is 0. The number of piperazine rings is 1. The summed E-state index contributed by atoms with van der Waals surface area (Å²) >= 11 is 0. The van der Waals surface area contributed by atoms with Gasteiger partial charge in [-0.2, -0.15) is 0 Å². The van der Waals surface area contributed by atoms with Gasteiger partial charge in [0.15, 0.2) is 0 Å². The van der Waals surface area contributed by atoms with Crippen molar-refractivity contribution in [1.82, 2.24) is 10.2 Å². The van der Waals surface area contributed by atoms with Crippen molar-refractivity contribution in [2.24, 2.45) is 0 Å². The van der Waals surface area contributed by atoms with Gasteiger partial charge in [-0.25, -0.2) is 0 Å². The average molecular weight is 246 g/mol. The lowest BCUT2D eigenvalue weighted by Crippen LogP contribution is -2.60. The Labute approximate surface area is 111 Å². The SMILES string of the molecule is CCC1CNC(C)(C)CN1Cc1cccc(C)c1. The number of benzene rings is 1. The van der Waals surface area contributed by atoms with Crippen LogP contribution in [0.3, 0.4) is 0 Å². The molecule has 1 fully saturated rings. The minimum atomic E-state index is 0.232. The maximum absolute atomic E-state index is 3.64. The van der Waals surface area contributed by atoms with Crippen molar-refractivity contribution in [2.75, 3.05) is 13.1 Å². The van der Waals surface area contributed by atoms with Crippen molar-refractivity contribution in [3.05, 3.63) is 35.4 Å². The third-order valence-electron chi connectivity index (χ3n) is 3.87. The first-order valence-corrected chi connectivity index (χ1v) is 7.05. The summed E-state index contributed by atoms with van der Waals surface area (Å²) in [6.07, 6.45) is 1.22. The maximum atomic E-state index is 3.64. The standard InChI is InChI=1S/C16H26N2/c1-5-15-10-17-16(3,4)12-18(15)11-14-8-6-7-13(2)9-14/h6-9,15,17H,5,10-12H2,1-4H3. The van der Waals surface area contributed by atoms with Gasteiger partial charge in [0.25, 0.3) is 0 Å². The van der Waals surface area contributed by atoms with E-state index >= 15 is 0 Å². The zero-order valence-electron chi connectivity index (χ0n) is 12.2. The van der Waals surface area contributed by atoms with Gasteiger partial charge in [0, 0.05) is 31.2 Å². The number of rotatable bonds is 3. The molecule has 0 amide bonds. The minimum Gasteiger partial charge on any atom is -0.309 e. The summed E-state index contributed by atoms with van der Waals surface area (Å²) in [6, 6.07) is 9.55. The van der Waals surface area contributed by atoms with Crippen LogP contribution in [-0.4, -0.2) is 29.6 Å². The molecule has 1 saturated heterocycles. The molecule has 0 spiro atoms. The third-order valence-corrected chi connectivity index (χ3v) is 3.87. The average Bonchev–Trinajstić information content (AvgIpc) is 2.28. The molecule has 1 heterocycles. The third kappa shape index (κ3) is 3.33. The van der Waals surface area contributed by atoms with Crippen LogP contribution >= 0.6 is 0 Å². The van der Waals surface area contributed by atoms with Gasteiger partial charge in [-0.05, 0) is 32.8 Å². The van der Waals surface area contributed by atoms with Crippen LogP contribution in [0.1, 0.15) is 38.3 Å². The zero-order valence-corrected chi connectivity index (χ0v) is 12.2. The van der Waals surface area contributed by atoms with Crippen molar-refractivity contribution < 1.29 is 0 Å². The lowest BCUT2D eigenvalue weighted by molar-refractivity contribution is 0.0858. The van der Waals surface area contributed by atoms with E-state index in [4.69, 9.17) is 0 Å². The summed E-state index contributed by atoms with van der Waals surface area (Å²) < 4.78 is 0. The Morgan fingerprint density at radius 2 is 2.17 bits per heavy atom. The first-order chi connectivity index (χ1) is 8.50. The fraction of sp³-hybridized carbons (Fsp3) is 0.625. The predicted molar refractivity (Wildman–Crippen MR) is 77.7 cm³/mol. The Hall–Kier alpha value is -0.860. The molecule has 1 aromatic rings. The molecule has 0 bridgehead atoms. The maximum Gasteiger partial charge on any atom is 0.0253 e. The molecule has 2 heteroatoms. The number of hydrogen-bond donors (Lipinski definition) is 1. The van der Waals surface area contributed by atoms with E-state index in [-0.39, 0.29) is 5.54 Å². The van der Waals surface area contributed by atoms with Gasteiger partial charge in [0.1, 0.15) is 0 Å². The highest BCUT2D eigenvalue weighted by molar-refractivity contribution is 5.22. The molecule has 2 nitrogen and oxygen atoms in total. The Balaban J connectivity index is 2.09. The highest BCUT2D eigenvalue weighted by Crippen LogP contribution is 2.20. The van der Waals surface area contributed by atoms with E-state index in [1.807, 2.05) is 0 Å². The number of nitrogens with zero attached hydrogens (tertiary/aromatic N) is 1. The number of aryl methyl sites for hydroxylation is 1. The van der Waals surface area contributed by atoms with Gasteiger partial charge < -0.3 is 5.32 Å². The van der Waals surface area contributed by atoms with E-state index in [1.165, 1.54) is 17.5 Å². The molecule has 0 aromatic heterocycles. The van der Waals surface area contributed by atoms with E-state index in [9.17, 15) is 0 Å². The summed E-state index contributed by atoms with van der Waals surface area (Å²) in [5.74, 6) is 0. The molecule has 1 atom stereocenters. The molecule has 1 unspecified atom stereocenters. The second-order valence-corrected chi connectivity index (χ2v) is 6.22.